The fourth-order valence-corrected chi connectivity index (χ4v) is 2.22. The molecule has 7 heteroatoms. The molecule has 0 radical (unpaired) electrons. The van der Waals surface area contributed by atoms with Crippen LogP contribution in [0.4, 0.5) is 0 Å². The van der Waals surface area contributed by atoms with Crippen molar-refractivity contribution in [3.63, 3.8) is 0 Å². The maximum absolute atomic E-state index is 11.6. The third-order valence-electron chi connectivity index (χ3n) is 3.15. The lowest BCUT2D eigenvalue weighted by Crippen LogP contribution is -2.35. The minimum atomic E-state index is -1.04. The smallest absolute Gasteiger partial charge is 0.303 e. The number of imide groups is 1. The second kappa shape index (κ2) is 4.15. The van der Waals surface area contributed by atoms with Gasteiger partial charge in [0.25, 0.3) is 0 Å². The van der Waals surface area contributed by atoms with Crippen molar-refractivity contribution in [2.45, 2.75) is 12.8 Å². The van der Waals surface area contributed by atoms with E-state index in [1.807, 2.05) is 0 Å². The molecule has 2 aliphatic rings. The van der Waals surface area contributed by atoms with Crippen LogP contribution in [-0.4, -0.2) is 46.8 Å². The molecule has 0 saturated carbocycles. The molecule has 0 aliphatic carbocycles. The number of carboxylic acid groups (broad SMARTS) is 1. The number of carbonyl (C=O) groups is 4. The fourth-order valence-electron chi connectivity index (χ4n) is 2.22. The summed E-state index contributed by atoms with van der Waals surface area (Å²) in [6, 6.07) is 0. The number of aliphatic carboxylic acids is 1. The Hall–Kier alpha value is -1.92. The van der Waals surface area contributed by atoms with Crippen LogP contribution in [0, 0.1) is 11.8 Å². The first-order valence-corrected chi connectivity index (χ1v) is 5.33. The highest BCUT2D eigenvalue weighted by Gasteiger charge is 2.48. The number of rotatable bonds is 3. The Bertz CT molecular complexity index is 384. The SMILES string of the molecule is O=C(O)CCC(=O)N1CC2C(=O)NC(=O)C2C1. The van der Waals surface area contributed by atoms with E-state index in [0.717, 1.165) is 0 Å². The maximum atomic E-state index is 11.6. The summed E-state index contributed by atoms with van der Waals surface area (Å²) in [5.41, 5.74) is 0. The lowest BCUT2D eigenvalue weighted by atomic mass is 10.00. The number of amides is 3. The van der Waals surface area contributed by atoms with Gasteiger partial charge in [0.1, 0.15) is 0 Å². The molecule has 3 amide bonds. The second-order valence-corrected chi connectivity index (χ2v) is 4.26. The Morgan fingerprint density at radius 2 is 1.71 bits per heavy atom. The average molecular weight is 240 g/mol. The van der Waals surface area contributed by atoms with Crippen LogP contribution in [0.5, 0.6) is 0 Å². The van der Waals surface area contributed by atoms with Crippen molar-refractivity contribution in [2.24, 2.45) is 11.8 Å². The highest BCUT2D eigenvalue weighted by molar-refractivity contribution is 6.06. The van der Waals surface area contributed by atoms with Crippen LogP contribution in [0.15, 0.2) is 0 Å². The summed E-state index contributed by atoms with van der Waals surface area (Å²) in [4.78, 5) is 46.0. The fraction of sp³-hybridized carbons (Fsp3) is 0.600. The summed E-state index contributed by atoms with van der Waals surface area (Å²) in [7, 11) is 0. The molecule has 2 saturated heterocycles. The number of likely N-dealkylation sites (tertiary alicyclic amines) is 1. The van der Waals surface area contributed by atoms with Gasteiger partial charge in [-0.2, -0.15) is 0 Å². The predicted molar refractivity (Wildman–Crippen MR) is 53.6 cm³/mol. The van der Waals surface area contributed by atoms with Gasteiger partial charge in [0.2, 0.25) is 17.7 Å². The molecule has 92 valence electrons. The van der Waals surface area contributed by atoms with Crippen molar-refractivity contribution < 1.29 is 24.3 Å². The molecule has 2 N–H and O–H groups in total. The average Bonchev–Trinajstić information content (AvgIpc) is 2.79. The quantitative estimate of drug-likeness (QED) is 0.589. The van der Waals surface area contributed by atoms with Gasteiger partial charge in [-0.15, -0.1) is 0 Å². The lowest BCUT2D eigenvalue weighted by molar-refractivity contribution is -0.141. The Morgan fingerprint density at radius 1 is 1.18 bits per heavy atom. The predicted octanol–water partition coefficient (Wildman–Crippen LogP) is -1.42. The van der Waals surface area contributed by atoms with Gasteiger partial charge in [-0.05, 0) is 0 Å². The first-order valence-electron chi connectivity index (χ1n) is 5.33. The van der Waals surface area contributed by atoms with E-state index in [1.54, 1.807) is 0 Å². The normalized spacial score (nSPS) is 26.9. The van der Waals surface area contributed by atoms with Gasteiger partial charge in [-0.1, -0.05) is 0 Å². The van der Waals surface area contributed by atoms with Crippen LogP contribution >= 0.6 is 0 Å². The Labute approximate surface area is 96.8 Å². The molecule has 2 fully saturated rings. The van der Waals surface area contributed by atoms with E-state index in [-0.39, 0.29) is 43.7 Å². The summed E-state index contributed by atoms with van der Waals surface area (Å²) in [5, 5.41) is 10.7. The minimum Gasteiger partial charge on any atom is -0.481 e. The number of carboxylic acids is 1. The molecule has 2 heterocycles. The molecule has 0 aromatic heterocycles. The van der Waals surface area contributed by atoms with Crippen molar-refractivity contribution in [1.29, 1.82) is 0 Å². The van der Waals surface area contributed by atoms with E-state index < -0.39 is 17.8 Å². The Morgan fingerprint density at radius 3 is 2.18 bits per heavy atom. The molecule has 17 heavy (non-hydrogen) atoms. The van der Waals surface area contributed by atoms with Crippen LogP contribution in [0.3, 0.4) is 0 Å². The van der Waals surface area contributed by atoms with E-state index in [9.17, 15) is 19.2 Å². The van der Waals surface area contributed by atoms with Gasteiger partial charge >= 0.3 is 5.97 Å². The van der Waals surface area contributed by atoms with Crippen LogP contribution in [-0.2, 0) is 19.2 Å². The molecule has 2 rings (SSSR count). The van der Waals surface area contributed by atoms with Crippen molar-refractivity contribution >= 4 is 23.7 Å². The largest absolute Gasteiger partial charge is 0.481 e. The van der Waals surface area contributed by atoms with Crippen molar-refractivity contribution in [3.05, 3.63) is 0 Å². The van der Waals surface area contributed by atoms with Crippen LogP contribution in [0.1, 0.15) is 12.8 Å². The Balaban J connectivity index is 1.94. The van der Waals surface area contributed by atoms with E-state index >= 15 is 0 Å². The molecule has 2 aliphatic heterocycles. The topological polar surface area (TPSA) is 104 Å². The summed E-state index contributed by atoms with van der Waals surface area (Å²) in [6.45, 7) is 0.418. The monoisotopic (exact) mass is 240 g/mol. The summed E-state index contributed by atoms with van der Waals surface area (Å²) in [5.74, 6) is -2.96. The van der Waals surface area contributed by atoms with E-state index in [2.05, 4.69) is 5.32 Å². The zero-order valence-corrected chi connectivity index (χ0v) is 9.01. The molecule has 0 aromatic rings. The van der Waals surface area contributed by atoms with Gasteiger partial charge in [0.15, 0.2) is 0 Å². The number of nitrogens with one attached hydrogen (secondary N) is 1. The van der Waals surface area contributed by atoms with Crippen molar-refractivity contribution in [2.75, 3.05) is 13.1 Å². The molecule has 0 bridgehead atoms. The highest BCUT2D eigenvalue weighted by Crippen LogP contribution is 2.28. The number of nitrogens with zero attached hydrogens (tertiary/aromatic N) is 1. The number of fused-ring (bicyclic) bond motifs is 1. The highest BCUT2D eigenvalue weighted by atomic mass is 16.4. The van der Waals surface area contributed by atoms with Crippen LogP contribution in [0.25, 0.3) is 0 Å². The molecule has 0 spiro atoms. The van der Waals surface area contributed by atoms with Gasteiger partial charge in [-0.25, -0.2) is 0 Å². The third-order valence-corrected chi connectivity index (χ3v) is 3.15. The summed E-state index contributed by atoms with van der Waals surface area (Å²) in [6.07, 6.45) is -0.324. The standard InChI is InChI=1S/C10H12N2O5/c13-7(1-2-8(14)15)12-3-5-6(4-12)10(17)11-9(5)16/h5-6H,1-4H2,(H,14,15)(H,11,16,17). The van der Waals surface area contributed by atoms with E-state index in [0.29, 0.717) is 0 Å². The van der Waals surface area contributed by atoms with Crippen molar-refractivity contribution in [1.82, 2.24) is 10.2 Å². The molecule has 2 unspecified atom stereocenters. The van der Waals surface area contributed by atoms with Crippen LogP contribution < -0.4 is 5.32 Å². The van der Waals surface area contributed by atoms with E-state index in [4.69, 9.17) is 5.11 Å². The zero-order chi connectivity index (χ0) is 12.6. The van der Waals surface area contributed by atoms with Gasteiger partial charge in [0, 0.05) is 19.5 Å². The van der Waals surface area contributed by atoms with Gasteiger partial charge < -0.3 is 10.0 Å². The number of hydrogen-bond donors (Lipinski definition) is 2. The number of carbonyl (C=O) groups excluding carboxylic acids is 3. The number of hydrogen-bond acceptors (Lipinski definition) is 4. The summed E-state index contributed by atoms with van der Waals surface area (Å²) < 4.78 is 0. The zero-order valence-electron chi connectivity index (χ0n) is 9.01. The maximum Gasteiger partial charge on any atom is 0.303 e. The first kappa shape index (κ1) is 11.6. The van der Waals surface area contributed by atoms with E-state index in [1.165, 1.54) is 4.90 Å². The molecular formula is C10H12N2O5. The second-order valence-electron chi connectivity index (χ2n) is 4.26. The lowest BCUT2D eigenvalue weighted by Gasteiger charge is -2.16. The van der Waals surface area contributed by atoms with Gasteiger partial charge in [0.05, 0.1) is 18.3 Å². The van der Waals surface area contributed by atoms with Gasteiger partial charge in [-0.3, -0.25) is 24.5 Å². The van der Waals surface area contributed by atoms with Crippen LogP contribution in [0.2, 0.25) is 0 Å². The first-order chi connectivity index (χ1) is 7.99. The van der Waals surface area contributed by atoms with Crippen molar-refractivity contribution in [3.8, 4) is 0 Å². The molecular weight excluding hydrogens is 228 g/mol. The minimum absolute atomic E-state index is 0.0927. The Kier molecular flexibility index (Phi) is 2.83. The molecule has 7 nitrogen and oxygen atoms in total. The molecule has 2 atom stereocenters. The summed E-state index contributed by atoms with van der Waals surface area (Å²) >= 11 is 0. The molecule has 0 aromatic carbocycles. The third kappa shape index (κ3) is 2.13.